The lowest BCUT2D eigenvalue weighted by atomic mass is 9.95. The summed E-state index contributed by atoms with van der Waals surface area (Å²) in [6, 6.07) is 4.93. The van der Waals surface area contributed by atoms with E-state index >= 15 is 0 Å². The van der Waals surface area contributed by atoms with Gasteiger partial charge >= 0.3 is 0 Å². The zero-order valence-electron chi connectivity index (χ0n) is 18.1. The van der Waals surface area contributed by atoms with Crippen LogP contribution in [0.4, 0.5) is 4.39 Å². The van der Waals surface area contributed by atoms with Crippen LogP contribution < -0.4 is 0 Å². The largest absolute Gasteiger partial charge is 0.503 e. The van der Waals surface area contributed by atoms with Crippen LogP contribution in [0.5, 0.6) is 0 Å². The fourth-order valence-electron chi connectivity index (χ4n) is 4.26. The number of hydrogen-bond acceptors (Lipinski definition) is 7. The number of ketones is 1. The van der Waals surface area contributed by atoms with Crippen molar-refractivity contribution in [3.05, 3.63) is 62.6 Å². The topological polar surface area (TPSA) is 83.0 Å². The Kier molecular flexibility index (Phi) is 6.68. The zero-order chi connectivity index (χ0) is 22.8. The maximum absolute atomic E-state index is 13.6. The standard InChI is InChI=1S/C23H26FN3O4S/c1-14-22(32-15(2)25-14)20(28)18-19(16-4-6-17(24)7-5-16)27(23(30)21(18)29)9-3-8-26-10-12-31-13-11-26/h4-7,19,29H,3,8-13H2,1-2H3/t19-/m0/s1. The first-order valence-electron chi connectivity index (χ1n) is 10.6. The molecule has 0 bridgehead atoms. The van der Waals surface area contributed by atoms with Crippen molar-refractivity contribution >= 4 is 23.0 Å². The van der Waals surface area contributed by atoms with Crippen LogP contribution in [-0.2, 0) is 9.53 Å². The van der Waals surface area contributed by atoms with Gasteiger partial charge in [-0.2, -0.15) is 0 Å². The number of aryl methyl sites for hydroxylation is 2. The van der Waals surface area contributed by atoms with Crippen LogP contribution in [0.3, 0.4) is 0 Å². The van der Waals surface area contributed by atoms with E-state index in [2.05, 4.69) is 9.88 Å². The number of rotatable bonds is 7. The number of aromatic nitrogens is 1. The molecule has 1 aromatic carbocycles. The van der Waals surface area contributed by atoms with Gasteiger partial charge in [-0.05, 0) is 38.0 Å². The number of aliphatic hydroxyl groups is 1. The molecule has 3 heterocycles. The van der Waals surface area contributed by atoms with Crippen molar-refractivity contribution < 1.29 is 23.8 Å². The first-order chi connectivity index (χ1) is 15.4. The molecule has 1 N–H and O–H groups in total. The van der Waals surface area contributed by atoms with Crippen LogP contribution in [0.2, 0.25) is 0 Å². The van der Waals surface area contributed by atoms with Gasteiger partial charge in [0.05, 0.1) is 40.4 Å². The molecule has 170 valence electrons. The molecule has 0 unspecified atom stereocenters. The number of carbonyl (C=O) groups excluding carboxylic acids is 2. The second-order valence-corrected chi connectivity index (χ2v) is 9.20. The minimum atomic E-state index is -0.776. The average molecular weight is 460 g/mol. The Hall–Kier alpha value is -2.62. The predicted molar refractivity (Wildman–Crippen MR) is 118 cm³/mol. The molecule has 0 saturated carbocycles. The summed E-state index contributed by atoms with van der Waals surface area (Å²) in [6.45, 7) is 7.74. The second-order valence-electron chi connectivity index (χ2n) is 8.00. The summed E-state index contributed by atoms with van der Waals surface area (Å²) in [4.78, 5) is 34.9. The molecule has 1 aromatic heterocycles. The SMILES string of the molecule is Cc1nc(C)c(C(=O)C2=C(O)C(=O)N(CCCN3CCOCC3)[C@H]2c2ccc(F)cc2)s1. The van der Waals surface area contributed by atoms with E-state index in [1.807, 2.05) is 0 Å². The fourth-order valence-corrected chi connectivity index (χ4v) is 5.14. The quantitative estimate of drug-likeness (QED) is 0.641. The number of benzene rings is 1. The summed E-state index contributed by atoms with van der Waals surface area (Å²) < 4.78 is 18.9. The Morgan fingerprint density at radius 2 is 1.91 bits per heavy atom. The van der Waals surface area contributed by atoms with Crippen molar-refractivity contribution in [2.24, 2.45) is 0 Å². The Balaban J connectivity index is 1.63. The molecular formula is C23H26FN3O4S. The molecule has 32 heavy (non-hydrogen) atoms. The van der Waals surface area contributed by atoms with Gasteiger partial charge in [-0.1, -0.05) is 12.1 Å². The molecule has 2 aliphatic rings. The van der Waals surface area contributed by atoms with Crippen LogP contribution in [0.25, 0.3) is 0 Å². The van der Waals surface area contributed by atoms with Gasteiger partial charge in [0, 0.05) is 26.2 Å². The lowest BCUT2D eigenvalue weighted by Gasteiger charge is -2.30. The molecule has 1 saturated heterocycles. The smallest absolute Gasteiger partial charge is 0.290 e. The molecule has 2 aromatic rings. The molecule has 1 atom stereocenters. The van der Waals surface area contributed by atoms with Crippen molar-refractivity contribution in [1.29, 1.82) is 0 Å². The normalized spacial score (nSPS) is 19.8. The number of aliphatic hydroxyl groups excluding tert-OH is 1. The van der Waals surface area contributed by atoms with Gasteiger partial charge < -0.3 is 14.7 Å². The van der Waals surface area contributed by atoms with Gasteiger partial charge in [0.15, 0.2) is 5.76 Å². The summed E-state index contributed by atoms with van der Waals surface area (Å²) in [7, 11) is 0. The van der Waals surface area contributed by atoms with E-state index in [1.54, 1.807) is 26.0 Å². The number of halogens is 1. The Labute approximate surface area is 190 Å². The van der Waals surface area contributed by atoms with Crippen LogP contribution in [-0.4, -0.2) is 71.0 Å². The zero-order valence-corrected chi connectivity index (χ0v) is 19.0. The van der Waals surface area contributed by atoms with Crippen LogP contribution in [0.15, 0.2) is 35.6 Å². The van der Waals surface area contributed by atoms with Crippen molar-refractivity contribution in [2.45, 2.75) is 26.3 Å². The van der Waals surface area contributed by atoms with Gasteiger partial charge in [0.2, 0.25) is 5.78 Å². The highest BCUT2D eigenvalue weighted by Gasteiger charge is 2.44. The van der Waals surface area contributed by atoms with E-state index < -0.39 is 29.3 Å². The number of carbonyl (C=O) groups is 2. The third kappa shape index (κ3) is 4.46. The van der Waals surface area contributed by atoms with Gasteiger partial charge in [0.25, 0.3) is 5.91 Å². The van der Waals surface area contributed by atoms with E-state index in [0.29, 0.717) is 42.3 Å². The van der Waals surface area contributed by atoms with Crippen LogP contribution >= 0.6 is 11.3 Å². The Morgan fingerprint density at radius 3 is 2.53 bits per heavy atom. The highest BCUT2D eigenvalue weighted by atomic mass is 32.1. The predicted octanol–water partition coefficient (Wildman–Crippen LogP) is 3.20. The second kappa shape index (κ2) is 9.48. The van der Waals surface area contributed by atoms with E-state index in [1.165, 1.54) is 28.4 Å². The number of morpholine rings is 1. The lowest BCUT2D eigenvalue weighted by Crippen LogP contribution is -2.39. The number of hydrogen-bond donors (Lipinski definition) is 1. The van der Waals surface area contributed by atoms with E-state index in [9.17, 15) is 19.1 Å². The average Bonchev–Trinajstić information content (AvgIpc) is 3.25. The first kappa shape index (κ1) is 22.6. The Bertz CT molecular complexity index is 1040. The van der Waals surface area contributed by atoms with Gasteiger partial charge in [-0.25, -0.2) is 9.37 Å². The molecule has 0 aliphatic carbocycles. The van der Waals surface area contributed by atoms with E-state index in [4.69, 9.17) is 4.74 Å². The van der Waals surface area contributed by atoms with Crippen molar-refractivity contribution in [3.63, 3.8) is 0 Å². The van der Waals surface area contributed by atoms with Gasteiger partial charge in [0.1, 0.15) is 5.82 Å². The van der Waals surface area contributed by atoms with Crippen molar-refractivity contribution in [1.82, 2.24) is 14.8 Å². The van der Waals surface area contributed by atoms with E-state index in [0.717, 1.165) is 24.6 Å². The highest BCUT2D eigenvalue weighted by Crippen LogP contribution is 2.40. The number of nitrogens with zero attached hydrogens (tertiary/aromatic N) is 3. The molecule has 7 nitrogen and oxygen atoms in total. The third-order valence-corrected chi connectivity index (χ3v) is 6.89. The molecule has 4 rings (SSSR count). The molecule has 0 radical (unpaired) electrons. The fraction of sp³-hybridized carbons (Fsp3) is 0.435. The molecular weight excluding hydrogens is 433 g/mol. The monoisotopic (exact) mass is 459 g/mol. The lowest BCUT2D eigenvalue weighted by molar-refractivity contribution is -0.129. The molecule has 2 aliphatic heterocycles. The van der Waals surface area contributed by atoms with Gasteiger partial charge in [-0.15, -0.1) is 11.3 Å². The highest BCUT2D eigenvalue weighted by molar-refractivity contribution is 7.14. The molecule has 0 spiro atoms. The molecule has 9 heteroatoms. The number of amides is 1. The maximum Gasteiger partial charge on any atom is 0.290 e. The summed E-state index contributed by atoms with van der Waals surface area (Å²) >= 11 is 1.24. The van der Waals surface area contributed by atoms with Crippen LogP contribution in [0.1, 0.15) is 38.4 Å². The minimum Gasteiger partial charge on any atom is -0.503 e. The minimum absolute atomic E-state index is 0.0275. The molecule has 1 fully saturated rings. The maximum atomic E-state index is 13.6. The van der Waals surface area contributed by atoms with Crippen molar-refractivity contribution in [2.75, 3.05) is 39.4 Å². The molecule has 1 amide bonds. The Morgan fingerprint density at radius 1 is 1.22 bits per heavy atom. The number of thiazole rings is 1. The summed E-state index contributed by atoms with van der Waals surface area (Å²) in [5, 5.41) is 11.5. The van der Waals surface area contributed by atoms with Crippen LogP contribution in [0, 0.1) is 19.7 Å². The summed E-state index contributed by atoms with van der Waals surface area (Å²) in [6.07, 6.45) is 0.677. The first-order valence-corrected chi connectivity index (χ1v) is 11.5. The van der Waals surface area contributed by atoms with Gasteiger partial charge in [-0.3, -0.25) is 14.5 Å². The van der Waals surface area contributed by atoms with E-state index in [-0.39, 0.29) is 5.57 Å². The summed E-state index contributed by atoms with van der Waals surface area (Å²) in [5.41, 5.74) is 1.17. The van der Waals surface area contributed by atoms with Crippen molar-refractivity contribution in [3.8, 4) is 0 Å². The number of Topliss-reactive ketones (excluding diaryl/α,β-unsaturated/α-hetero) is 1. The summed E-state index contributed by atoms with van der Waals surface area (Å²) in [5.74, 6) is -1.94. The number of ether oxygens (including phenoxy) is 1. The third-order valence-electron chi connectivity index (χ3n) is 5.82.